The minimum absolute atomic E-state index is 0.298. The molecule has 0 saturated carbocycles. The predicted octanol–water partition coefficient (Wildman–Crippen LogP) is 4.91. The lowest BCUT2D eigenvalue weighted by Gasteiger charge is -2.01. The van der Waals surface area contributed by atoms with Crippen LogP contribution in [0.4, 0.5) is 0 Å². The van der Waals surface area contributed by atoms with E-state index in [-0.39, 0.29) is 5.91 Å². The van der Waals surface area contributed by atoms with E-state index in [2.05, 4.69) is 15.5 Å². The Morgan fingerprint density at radius 2 is 1.81 bits per heavy atom. The summed E-state index contributed by atoms with van der Waals surface area (Å²) in [5.41, 5.74) is 4.42. The molecule has 0 aliphatic heterocycles. The van der Waals surface area contributed by atoms with Gasteiger partial charge in [0.2, 0.25) is 0 Å². The van der Waals surface area contributed by atoms with Crippen LogP contribution in [-0.4, -0.2) is 17.1 Å². The number of fused-ring (bicyclic) bond motifs is 1. The second kappa shape index (κ2) is 7.43. The molecule has 6 heteroatoms. The van der Waals surface area contributed by atoms with Crippen LogP contribution >= 0.6 is 11.6 Å². The van der Waals surface area contributed by atoms with E-state index < -0.39 is 0 Å². The number of furan rings is 1. The number of nitrogens with one attached hydrogen (secondary N) is 1. The van der Waals surface area contributed by atoms with E-state index in [1.165, 1.54) is 6.21 Å². The van der Waals surface area contributed by atoms with Crippen molar-refractivity contribution in [2.75, 3.05) is 0 Å². The van der Waals surface area contributed by atoms with Gasteiger partial charge in [0.15, 0.2) is 0 Å². The van der Waals surface area contributed by atoms with Crippen LogP contribution < -0.4 is 5.43 Å². The van der Waals surface area contributed by atoms with E-state index >= 15 is 0 Å². The highest BCUT2D eigenvalue weighted by atomic mass is 35.5. The van der Waals surface area contributed by atoms with Gasteiger partial charge in [-0.1, -0.05) is 35.9 Å². The third kappa shape index (κ3) is 3.88. The average molecular weight is 376 g/mol. The van der Waals surface area contributed by atoms with Crippen molar-refractivity contribution in [1.82, 2.24) is 10.4 Å². The van der Waals surface area contributed by atoms with E-state index in [1.54, 1.807) is 24.3 Å². The largest absolute Gasteiger partial charge is 0.455 e. The van der Waals surface area contributed by atoms with Crippen molar-refractivity contribution in [2.24, 2.45) is 5.10 Å². The number of carbonyl (C=O) groups is 1. The van der Waals surface area contributed by atoms with Crippen LogP contribution in [0.15, 0.2) is 82.3 Å². The molecule has 0 fully saturated rings. The van der Waals surface area contributed by atoms with Gasteiger partial charge >= 0.3 is 0 Å². The Morgan fingerprint density at radius 3 is 2.67 bits per heavy atom. The van der Waals surface area contributed by atoms with Crippen molar-refractivity contribution in [3.8, 4) is 11.3 Å². The summed E-state index contributed by atoms with van der Waals surface area (Å²) in [4.78, 5) is 16.5. The third-order valence-corrected chi connectivity index (χ3v) is 4.20. The Labute approximate surface area is 160 Å². The Hall–Kier alpha value is -3.44. The molecule has 0 unspecified atom stereocenters. The molecule has 2 heterocycles. The van der Waals surface area contributed by atoms with Crippen LogP contribution in [-0.2, 0) is 0 Å². The van der Waals surface area contributed by atoms with Gasteiger partial charge in [-0.3, -0.25) is 4.79 Å². The zero-order valence-electron chi connectivity index (χ0n) is 14.1. The van der Waals surface area contributed by atoms with Crippen molar-refractivity contribution < 1.29 is 9.21 Å². The first kappa shape index (κ1) is 17.0. The fourth-order valence-corrected chi connectivity index (χ4v) is 2.72. The van der Waals surface area contributed by atoms with Gasteiger partial charge in [-0.2, -0.15) is 5.10 Å². The van der Waals surface area contributed by atoms with Gasteiger partial charge in [-0.15, -0.1) is 0 Å². The van der Waals surface area contributed by atoms with Crippen LogP contribution in [0.5, 0.6) is 0 Å². The summed E-state index contributed by atoms with van der Waals surface area (Å²) in [5.74, 6) is 0.823. The zero-order valence-corrected chi connectivity index (χ0v) is 14.9. The fourth-order valence-electron chi connectivity index (χ4n) is 2.60. The van der Waals surface area contributed by atoms with Gasteiger partial charge in [-0.05, 0) is 48.5 Å². The Kier molecular flexibility index (Phi) is 4.68. The van der Waals surface area contributed by atoms with Gasteiger partial charge in [-0.25, -0.2) is 10.4 Å². The van der Waals surface area contributed by atoms with E-state index in [9.17, 15) is 4.79 Å². The number of rotatable bonds is 4. The maximum Gasteiger partial charge on any atom is 0.289 e. The Bertz CT molecular complexity index is 1130. The number of amides is 1. The molecule has 0 aliphatic rings. The van der Waals surface area contributed by atoms with E-state index in [1.807, 2.05) is 48.5 Å². The first-order valence-corrected chi connectivity index (χ1v) is 8.62. The molecule has 0 spiro atoms. The van der Waals surface area contributed by atoms with Crippen LogP contribution in [0.2, 0.25) is 5.02 Å². The molecule has 5 nitrogen and oxygen atoms in total. The summed E-state index contributed by atoms with van der Waals surface area (Å²) in [5, 5.41) is 5.58. The second-order valence-corrected chi connectivity index (χ2v) is 6.23. The first-order valence-electron chi connectivity index (χ1n) is 8.24. The number of hydrogen-bond donors (Lipinski definition) is 1. The molecule has 0 saturated heterocycles. The molecule has 1 N–H and O–H groups in total. The molecule has 1 amide bonds. The predicted molar refractivity (Wildman–Crippen MR) is 106 cm³/mol. The number of nitrogens with zero attached hydrogens (tertiary/aromatic N) is 2. The molecule has 0 bridgehead atoms. The summed E-state index contributed by atoms with van der Waals surface area (Å²) in [6.45, 7) is 0. The lowest BCUT2D eigenvalue weighted by Crippen LogP contribution is -2.18. The Morgan fingerprint density at radius 1 is 1.00 bits per heavy atom. The maximum absolute atomic E-state index is 12.2. The van der Waals surface area contributed by atoms with Gasteiger partial charge in [0.05, 0.1) is 11.7 Å². The van der Waals surface area contributed by atoms with E-state index in [0.29, 0.717) is 22.2 Å². The molecule has 4 rings (SSSR count). The van der Waals surface area contributed by atoms with Crippen LogP contribution in [0, 0.1) is 0 Å². The third-order valence-electron chi connectivity index (χ3n) is 3.94. The monoisotopic (exact) mass is 375 g/mol. The minimum atomic E-state index is -0.388. The lowest BCUT2D eigenvalue weighted by atomic mass is 10.2. The summed E-state index contributed by atoms with van der Waals surface area (Å²) in [6, 6.07) is 22.1. The standard InChI is InChI=1S/C21H14ClN3O2/c22-16-8-5-15(6-9-16)20-12-10-17(27-20)13-23-25-21(26)19-11-7-14-3-1-2-4-18(14)24-19/h1-13H,(H,25,26)/b23-13+. The Balaban J connectivity index is 1.44. The van der Waals surface area contributed by atoms with Gasteiger partial charge in [0.1, 0.15) is 17.2 Å². The quantitative estimate of drug-likeness (QED) is 0.407. The van der Waals surface area contributed by atoms with E-state index in [4.69, 9.17) is 16.0 Å². The molecular weight excluding hydrogens is 362 g/mol. The van der Waals surface area contributed by atoms with Crippen molar-refractivity contribution >= 4 is 34.6 Å². The molecule has 2 aromatic carbocycles. The number of halogens is 1. The maximum atomic E-state index is 12.2. The number of para-hydroxylation sites is 1. The van der Waals surface area contributed by atoms with Gasteiger partial charge in [0, 0.05) is 16.0 Å². The number of pyridine rings is 1. The van der Waals surface area contributed by atoms with Crippen LogP contribution in [0.3, 0.4) is 0 Å². The number of hydrazone groups is 1. The normalized spacial score (nSPS) is 11.1. The number of hydrogen-bond acceptors (Lipinski definition) is 4. The molecular formula is C21H14ClN3O2. The molecule has 0 atom stereocenters. The highest BCUT2D eigenvalue weighted by Crippen LogP contribution is 2.23. The molecule has 0 radical (unpaired) electrons. The van der Waals surface area contributed by atoms with Crippen LogP contribution in [0.1, 0.15) is 16.2 Å². The molecule has 132 valence electrons. The van der Waals surface area contributed by atoms with Crippen molar-refractivity contribution in [3.05, 3.63) is 89.3 Å². The van der Waals surface area contributed by atoms with Crippen molar-refractivity contribution in [1.29, 1.82) is 0 Å². The molecule has 4 aromatic rings. The summed E-state index contributed by atoms with van der Waals surface area (Å²) in [6.07, 6.45) is 1.44. The minimum Gasteiger partial charge on any atom is -0.455 e. The van der Waals surface area contributed by atoms with Crippen LogP contribution in [0.25, 0.3) is 22.2 Å². The molecule has 0 aliphatic carbocycles. The van der Waals surface area contributed by atoms with Crippen molar-refractivity contribution in [2.45, 2.75) is 0 Å². The average Bonchev–Trinajstić information content (AvgIpc) is 3.17. The van der Waals surface area contributed by atoms with Gasteiger partial charge < -0.3 is 4.42 Å². The topological polar surface area (TPSA) is 67.5 Å². The number of aromatic nitrogens is 1. The summed E-state index contributed by atoms with van der Waals surface area (Å²) in [7, 11) is 0. The van der Waals surface area contributed by atoms with Crippen molar-refractivity contribution in [3.63, 3.8) is 0 Å². The second-order valence-electron chi connectivity index (χ2n) is 5.80. The van der Waals surface area contributed by atoms with E-state index in [0.717, 1.165) is 16.5 Å². The summed E-state index contributed by atoms with van der Waals surface area (Å²) >= 11 is 5.89. The zero-order chi connectivity index (χ0) is 18.6. The summed E-state index contributed by atoms with van der Waals surface area (Å²) < 4.78 is 5.70. The molecule has 27 heavy (non-hydrogen) atoms. The SMILES string of the molecule is O=C(N/N=C/c1ccc(-c2ccc(Cl)cc2)o1)c1ccc2ccccc2n1. The first-order chi connectivity index (χ1) is 13.2. The lowest BCUT2D eigenvalue weighted by molar-refractivity contribution is 0.0950. The number of carbonyl (C=O) groups excluding carboxylic acids is 1. The fraction of sp³-hybridized carbons (Fsp3) is 0. The highest BCUT2D eigenvalue weighted by Gasteiger charge is 2.07. The highest BCUT2D eigenvalue weighted by molar-refractivity contribution is 6.30. The van der Waals surface area contributed by atoms with Gasteiger partial charge in [0.25, 0.3) is 5.91 Å². The smallest absolute Gasteiger partial charge is 0.289 e. The number of benzene rings is 2. The molecule has 2 aromatic heterocycles.